The Morgan fingerprint density at radius 1 is 1.43 bits per heavy atom. The molecule has 1 rings (SSSR count). The van der Waals surface area contributed by atoms with E-state index in [0.29, 0.717) is 0 Å². The van der Waals surface area contributed by atoms with E-state index in [1.54, 1.807) is 12.1 Å². The van der Waals surface area contributed by atoms with E-state index in [9.17, 15) is 10.1 Å². The molecule has 1 atom stereocenters. The summed E-state index contributed by atoms with van der Waals surface area (Å²) in [5.41, 5.74) is 0.916. The third-order valence-corrected chi connectivity index (χ3v) is 3.10. The predicted molar refractivity (Wildman–Crippen MR) is 59.0 cm³/mol. The molecule has 14 heavy (non-hydrogen) atoms. The third-order valence-electron chi connectivity index (χ3n) is 1.74. The molecule has 0 saturated heterocycles. The summed E-state index contributed by atoms with van der Waals surface area (Å²) in [7, 11) is 0.00987. The van der Waals surface area contributed by atoms with Gasteiger partial charge in [0.2, 0.25) is 0 Å². The average molecular weight is 212 g/mol. The molecule has 0 aliphatic rings. The first-order valence-electron chi connectivity index (χ1n) is 4.22. The largest absolute Gasteiger partial charge is 0.269 e. The molecule has 1 aromatic rings. The topological polar surface area (TPSA) is 55.5 Å². The standard InChI is InChI=1S/C9H12N2O2S/c1-3-14(2)10-8-4-6-9(7-5-8)11(12)13/h4-7H,3H2,1-2H3. The smallest absolute Gasteiger partial charge is 0.258 e. The van der Waals surface area contributed by atoms with Gasteiger partial charge in [-0.1, -0.05) is 17.6 Å². The number of hydrogen-bond acceptors (Lipinski definition) is 3. The number of hydrogen-bond donors (Lipinski definition) is 0. The number of nitro groups is 1. The molecule has 0 radical (unpaired) electrons. The summed E-state index contributed by atoms with van der Waals surface area (Å²) in [6, 6.07) is 6.31. The molecule has 1 unspecified atom stereocenters. The number of nitro benzene ring substituents is 1. The van der Waals surface area contributed by atoms with Crippen LogP contribution < -0.4 is 0 Å². The lowest BCUT2D eigenvalue weighted by molar-refractivity contribution is -0.384. The Morgan fingerprint density at radius 2 is 2.00 bits per heavy atom. The van der Waals surface area contributed by atoms with Crippen LogP contribution in [0.25, 0.3) is 0 Å². The van der Waals surface area contributed by atoms with Crippen LogP contribution in [0.4, 0.5) is 11.4 Å². The lowest BCUT2D eigenvalue weighted by atomic mass is 10.3. The van der Waals surface area contributed by atoms with E-state index >= 15 is 0 Å². The number of benzene rings is 1. The van der Waals surface area contributed by atoms with Crippen LogP contribution in [0.2, 0.25) is 0 Å². The average Bonchev–Trinajstić information content (AvgIpc) is 2.18. The fourth-order valence-electron chi connectivity index (χ4n) is 0.880. The summed E-state index contributed by atoms with van der Waals surface area (Å²) in [6.07, 6.45) is 2.04. The third kappa shape index (κ3) is 2.92. The van der Waals surface area contributed by atoms with Crippen LogP contribution in [0.3, 0.4) is 0 Å². The van der Waals surface area contributed by atoms with Gasteiger partial charge in [0, 0.05) is 17.9 Å². The van der Waals surface area contributed by atoms with Gasteiger partial charge in [0.05, 0.1) is 10.6 Å². The molecule has 0 aliphatic carbocycles. The van der Waals surface area contributed by atoms with Crippen molar-refractivity contribution in [3.05, 3.63) is 34.4 Å². The molecule has 0 fully saturated rings. The van der Waals surface area contributed by atoms with Gasteiger partial charge in [-0.25, -0.2) is 4.36 Å². The van der Waals surface area contributed by atoms with Gasteiger partial charge in [0.15, 0.2) is 0 Å². The number of rotatable bonds is 3. The zero-order chi connectivity index (χ0) is 10.6. The van der Waals surface area contributed by atoms with Crippen LogP contribution in [0.5, 0.6) is 0 Å². The maximum Gasteiger partial charge on any atom is 0.269 e. The molecule has 76 valence electrons. The van der Waals surface area contributed by atoms with E-state index in [2.05, 4.69) is 11.3 Å². The van der Waals surface area contributed by atoms with Crippen LogP contribution in [0, 0.1) is 10.1 Å². The minimum Gasteiger partial charge on any atom is -0.258 e. The monoisotopic (exact) mass is 212 g/mol. The first kappa shape index (κ1) is 10.8. The summed E-state index contributed by atoms with van der Waals surface area (Å²) in [5.74, 6) is 0.997. The van der Waals surface area contributed by atoms with Gasteiger partial charge in [-0.15, -0.1) is 0 Å². The maximum absolute atomic E-state index is 10.4. The van der Waals surface area contributed by atoms with Gasteiger partial charge < -0.3 is 0 Å². The first-order valence-corrected chi connectivity index (χ1v) is 5.98. The van der Waals surface area contributed by atoms with Gasteiger partial charge >= 0.3 is 0 Å². The summed E-state index contributed by atoms with van der Waals surface area (Å²) in [6.45, 7) is 2.07. The maximum atomic E-state index is 10.4. The van der Waals surface area contributed by atoms with Crippen molar-refractivity contribution in [3.8, 4) is 0 Å². The zero-order valence-corrected chi connectivity index (χ0v) is 8.95. The van der Waals surface area contributed by atoms with E-state index in [1.165, 1.54) is 12.1 Å². The van der Waals surface area contributed by atoms with Crippen LogP contribution >= 0.6 is 0 Å². The fourth-order valence-corrected chi connectivity index (χ4v) is 1.49. The fraction of sp³-hybridized carbons (Fsp3) is 0.333. The molecule has 0 bridgehead atoms. The molecule has 0 amide bonds. The van der Waals surface area contributed by atoms with Crippen molar-refractivity contribution in [1.82, 2.24) is 0 Å². The van der Waals surface area contributed by atoms with Crippen molar-refractivity contribution >= 4 is 22.1 Å². The molecule has 0 heterocycles. The molecule has 0 spiro atoms. The number of non-ortho nitro benzene ring substituents is 1. The van der Waals surface area contributed by atoms with Crippen molar-refractivity contribution in [3.63, 3.8) is 0 Å². The molecule has 0 saturated carbocycles. The van der Waals surface area contributed by atoms with Crippen molar-refractivity contribution < 1.29 is 4.92 Å². The van der Waals surface area contributed by atoms with E-state index in [-0.39, 0.29) is 16.4 Å². The summed E-state index contributed by atoms with van der Waals surface area (Å²) in [4.78, 5) is 9.96. The van der Waals surface area contributed by atoms with E-state index in [0.717, 1.165) is 11.4 Å². The highest BCUT2D eigenvalue weighted by Crippen LogP contribution is 2.18. The van der Waals surface area contributed by atoms with Gasteiger partial charge in [0.1, 0.15) is 0 Å². The van der Waals surface area contributed by atoms with Crippen molar-refractivity contribution in [2.24, 2.45) is 4.36 Å². The van der Waals surface area contributed by atoms with Gasteiger partial charge in [-0.3, -0.25) is 10.1 Å². The second kappa shape index (κ2) is 4.85. The van der Waals surface area contributed by atoms with E-state index < -0.39 is 4.92 Å². The van der Waals surface area contributed by atoms with E-state index in [4.69, 9.17) is 0 Å². The quantitative estimate of drug-likeness (QED) is 0.571. The Kier molecular flexibility index (Phi) is 3.76. The Bertz CT molecular complexity index is 360. The molecular formula is C9H12N2O2S. The molecule has 0 aromatic heterocycles. The highest BCUT2D eigenvalue weighted by Gasteiger charge is 2.02. The first-order chi connectivity index (χ1) is 6.63. The van der Waals surface area contributed by atoms with Crippen molar-refractivity contribution in [2.75, 3.05) is 12.0 Å². The molecule has 0 N–H and O–H groups in total. The molecule has 0 aliphatic heterocycles. The Balaban J connectivity index is 2.89. The summed E-state index contributed by atoms with van der Waals surface area (Å²) < 4.78 is 4.38. The zero-order valence-electron chi connectivity index (χ0n) is 8.14. The van der Waals surface area contributed by atoms with Crippen LogP contribution in [-0.4, -0.2) is 16.9 Å². The molecule has 5 heteroatoms. The minimum absolute atomic E-state index is 0.00987. The van der Waals surface area contributed by atoms with Gasteiger partial charge in [-0.2, -0.15) is 0 Å². The SMILES string of the molecule is CCS(C)=Nc1ccc([N+](=O)[O-])cc1. The normalized spacial score (nSPS) is 12.7. The van der Waals surface area contributed by atoms with Crippen molar-refractivity contribution in [2.45, 2.75) is 6.92 Å². The number of nitrogens with zero attached hydrogens (tertiary/aromatic N) is 2. The Morgan fingerprint density at radius 3 is 2.43 bits per heavy atom. The lowest BCUT2D eigenvalue weighted by Crippen LogP contribution is -1.88. The van der Waals surface area contributed by atoms with Crippen LogP contribution in [0.1, 0.15) is 6.92 Å². The van der Waals surface area contributed by atoms with Crippen LogP contribution in [0.15, 0.2) is 28.6 Å². The van der Waals surface area contributed by atoms with Crippen LogP contribution in [-0.2, 0) is 10.7 Å². The minimum atomic E-state index is -0.407. The summed E-state index contributed by atoms with van der Waals surface area (Å²) in [5, 5.41) is 10.4. The predicted octanol–water partition coefficient (Wildman–Crippen LogP) is 2.68. The highest BCUT2D eigenvalue weighted by molar-refractivity contribution is 7.86. The molecular weight excluding hydrogens is 200 g/mol. The van der Waals surface area contributed by atoms with Gasteiger partial charge in [-0.05, 0) is 18.4 Å². The van der Waals surface area contributed by atoms with Crippen molar-refractivity contribution in [1.29, 1.82) is 0 Å². The molecule has 1 aromatic carbocycles. The van der Waals surface area contributed by atoms with E-state index in [1.807, 2.05) is 6.26 Å². The second-order valence-corrected chi connectivity index (χ2v) is 4.71. The summed E-state index contributed by atoms with van der Waals surface area (Å²) >= 11 is 0. The Hall–Kier alpha value is -1.23. The Labute approximate surface area is 85.2 Å². The lowest BCUT2D eigenvalue weighted by Gasteiger charge is -1.97. The highest BCUT2D eigenvalue weighted by atomic mass is 32.2. The van der Waals surface area contributed by atoms with Gasteiger partial charge in [0.25, 0.3) is 5.69 Å². The molecule has 4 nitrogen and oxygen atoms in total. The second-order valence-electron chi connectivity index (χ2n) is 2.75.